The second-order valence-electron chi connectivity index (χ2n) is 4.79. The first kappa shape index (κ1) is 16.5. The summed E-state index contributed by atoms with van der Waals surface area (Å²) in [5.74, 6) is -0.293. The summed E-state index contributed by atoms with van der Waals surface area (Å²) in [6.07, 6.45) is -1.01. The molecule has 120 valence electrons. The van der Waals surface area contributed by atoms with Crippen molar-refractivity contribution in [2.45, 2.75) is 12.8 Å². The second-order valence-corrected chi connectivity index (χ2v) is 4.79. The van der Waals surface area contributed by atoms with E-state index >= 15 is 0 Å². The predicted octanol–water partition coefficient (Wildman–Crippen LogP) is 2.54. The Kier molecular flexibility index (Phi) is 5.00. The number of hydrogen-bond acceptors (Lipinski definition) is 4. The molecule has 1 aromatic heterocycles. The fourth-order valence-electron chi connectivity index (χ4n) is 2.20. The maximum atomic E-state index is 12.9. The number of aromatic nitrogens is 1. The molecule has 7 heteroatoms. The van der Waals surface area contributed by atoms with Gasteiger partial charge in [0.2, 0.25) is 5.91 Å². The number of carbonyl (C=O) groups excluding carboxylic acids is 2. The normalized spacial score (nSPS) is 10.6. The van der Waals surface area contributed by atoms with Gasteiger partial charge < -0.3 is 10.5 Å². The van der Waals surface area contributed by atoms with Crippen molar-refractivity contribution < 1.29 is 23.1 Å². The number of carbonyl (C=O) groups is 2. The van der Waals surface area contributed by atoms with Crippen molar-refractivity contribution in [3.8, 4) is 16.9 Å². The lowest BCUT2D eigenvalue weighted by molar-refractivity contribution is -0.117. The van der Waals surface area contributed by atoms with Crippen LogP contribution in [0.25, 0.3) is 11.1 Å². The lowest BCUT2D eigenvalue weighted by Crippen LogP contribution is -2.13. The maximum absolute atomic E-state index is 12.9. The van der Waals surface area contributed by atoms with Gasteiger partial charge in [0.05, 0.1) is 19.7 Å². The summed E-state index contributed by atoms with van der Waals surface area (Å²) in [7, 11) is 1.37. The quantitative estimate of drug-likeness (QED) is 0.829. The zero-order chi connectivity index (χ0) is 17.0. The summed E-state index contributed by atoms with van der Waals surface area (Å²) in [5.41, 5.74) is 6.25. The van der Waals surface area contributed by atoms with E-state index in [0.29, 0.717) is 23.0 Å². The van der Waals surface area contributed by atoms with Gasteiger partial charge in [-0.2, -0.15) is 0 Å². The van der Waals surface area contributed by atoms with Crippen LogP contribution in [0.1, 0.15) is 28.0 Å². The average molecular weight is 320 g/mol. The number of pyridine rings is 1. The number of ether oxygens (including phenoxy) is 1. The highest BCUT2D eigenvalue weighted by Gasteiger charge is 2.17. The van der Waals surface area contributed by atoms with Gasteiger partial charge in [-0.25, -0.2) is 8.78 Å². The van der Waals surface area contributed by atoms with Crippen LogP contribution in [-0.2, 0) is 11.2 Å². The Balaban J connectivity index is 2.65. The Morgan fingerprint density at radius 3 is 2.65 bits per heavy atom. The Bertz CT molecular complexity index is 748. The number of halogens is 2. The molecule has 0 fully saturated rings. The summed E-state index contributed by atoms with van der Waals surface area (Å²) in [6.45, 7) is 0. The molecule has 0 aliphatic rings. The third-order valence-electron chi connectivity index (χ3n) is 3.25. The number of amides is 1. The van der Waals surface area contributed by atoms with Gasteiger partial charge in [-0.15, -0.1) is 0 Å². The molecule has 0 spiro atoms. The fraction of sp³-hybridized carbons (Fsp3) is 0.188. The fourth-order valence-corrected chi connectivity index (χ4v) is 2.20. The van der Waals surface area contributed by atoms with Gasteiger partial charge in [-0.3, -0.25) is 14.6 Å². The second kappa shape index (κ2) is 6.95. The monoisotopic (exact) mass is 320 g/mol. The summed E-state index contributed by atoms with van der Waals surface area (Å²) in [5, 5.41) is 0. The molecule has 0 atom stereocenters. The van der Waals surface area contributed by atoms with Crippen LogP contribution in [-0.4, -0.2) is 24.3 Å². The van der Waals surface area contributed by atoms with E-state index in [1.807, 2.05) is 0 Å². The van der Waals surface area contributed by atoms with Gasteiger partial charge >= 0.3 is 0 Å². The number of aldehydes is 1. The van der Waals surface area contributed by atoms with Gasteiger partial charge in [-0.1, -0.05) is 12.1 Å². The minimum atomic E-state index is -2.76. The predicted molar refractivity (Wildman–Crippen MR) is 79.5 cm³/mol. The number of methoxy groups -OCH3 is 1. The first-order valence-corrected chi connectivity index (χ1v) is 6.65. The SMILES string of the molecule is COc1cnc(C(F)F)cc1-c1cc(CC(N)=O)ccc1C=O. The van der Waals surface area contributed by atoms with Crippen molar-refractivity contribution in [1.82, 2.24) is 4.98 Å². The number of rotatable bonds is 6. The molecule has 1 aromatic carbocycles. The largest absolute Gasteiger partial charge is 0.494 e. The molecule has 0 saturated heterocycles. The van der Waals surface area contributed by atoms with Gasteiger partial charge in [0.1, 0.15) is 11.4 Å². The highest BCUT2D eigenvalue weighted by Crippen LogP contribution is 2.34. The zero-order valence-corrected chi connectivity index (χ0v) is 12.3. The lowest BCUT2D eigenvalue weighted by atomic mass is 9.96. The Labute approximate surface area is 131 Å². The average Bonchev–Trinajstić information content (AvgIpc) is 2.53. The van der Waals surface area contributed by atoms with Crippen molar-refractivity contribution in [2.24, 2.45) is 5.73 Å². The van der Waals surface area contributed by atoms with E-state index in [9.17, 15) is 18.4 Å². The minimum absolute atomic E-state index is 0.0265. The van der Waals surface area contributed by atoms with E-state index in [0.717, 1.165) is 0 Å². The summed E-state index contributed by atoms with van der Waals surface area (Å²) < 4.78 is 30.9. The highest BCUT2D eigenvalue weighted by atomic mass is 19.3. The van der Waals surface area contributed by atoms with E-state index in [1.54, 1.807) is 12.1 Å². The maximum Gasteiger partial charge on any atom is 0.280 e. The van der Waals surface area contributed by atoms with E-state index in [4.69, 9.17) is 10.5 Å². The van der Waals surface area contributed by atoms with Crippen LogP contribution in [0.2, 0.25) is 0 Å². The van der Waals surface area contributed by atoms with Gasteiger partial charge in [0.25, 0.3) is 6.43 Å². The molecule has 0 saturated carbocycles. The van der Waals surface area contributed by atoms with E-state index in [1.165, 1.54) is 25.4 Å². The standard InChI is InChI=1S/C16H14F2N2O3/c1-23-14-7-20-13(16(17)18)6-12(14)11-4-9(5-15(19)22)2-3-10(11)8-21/h2-4,6-8,16H,5H2,1H3,(H2,19,22). The Morgan fingerprint density at radius 1 is 1.35 bits per heavy atom. The van der Waals surface area contributed by atoms with Crippen LogP contribution in [0.3, 0.4) is 0 Å². The van der Waals surface area contributed by atoms with E-state index in [-0.39, 0.29) is 17.7 Å². The number of hydrogen-bond donors (Lipinski definition) is 1. The summed E-state index contributed by atoms with van der Waals surface area (Å²) >= 11 is 0. The van der Waals surface area contributed by atoms with Crippen LogP contribution >= 0.6 is 0 Å². The third kappa shape index (κ3) is 3.68. The number of benzene rings is 1. The number of nitrogens with zero attached hydrogens (tertiary/aromatic N) is 1. The van der Waals surface area contributed by atoms with Gasteiger partial charge in [0.15, 0.2) is 6.29 Å². The van der Waals surface area contributed by atoms with Gasteiger partial charge in [0, 0.05) is 11.1 Å². The number of alkyl halides is 2. The van der Waals surface area contributed by atoms with E-state index in [2.05, 4.69) is 4.98 Å². The molecule has 23 heavy (non-hydrogen) atoms. The molecular weight excluding hydrogens is 306 g/mol. The molecule has 2 aromatic rings. The molecule has 1 heterocycles. The molecular formula is C16H14F2N2O3. The highest BCUT2D eigenvalue weighted by molar-refractivity contribution is 5.90. The van der Waals surface area contributed by atoms with Crippen LogP contribution in [0.4, 0.5) is 8.78 Å². The van der Waals surface area contributed by atoms with Crippen molar-refractivity contribution >= 4 is 12.2 Å². The number of primary amides is 1. The number of nitrogens with two attached hydrogens (primary N) is 1. The molecule has 2 N–H and O–H groups in total. The Morgan fingerprint density at radius 2 is 2.09 bits per heavy atom. The molecule has 0 unspecified atom stereocenters. The van der Waals surface area contributed by atoms with Crippen molar-refractivity contribution in [3.63, 3.8) is 0 Å². The van der Waals surface area contributed by atoms with Crippen LogP contribution in [0.5, 0.6) is 5.75 Å². The molecule has 2 rings (SSSR count). The zero-order valence-electron chi connectivity index (χ0n) is 12.3. The van der Waals surface area contributed by atoms with Crippen LogP contribution in [0, 0.1) is 0 Å². The third-order valence-corrected chi connectivity index (χ3v) is 3.25. The first-order chi connectivity index (χ1) is 11.0. The van der Waals surface area contributed by atoms with E-state index < -0.39 is 18.0 Å². The molecule has 0 aliphatic heterocycles. The molecule has 5 nitrogen and oxygen atoms in total. The minimum Gasteiger partial charge on any atom is -0.494 e. The molecule has 0 bridgehead atoms. The summed E-state index contributed by atoms with van der Waals surface area (Å²) in [6, 6.07) is 5.81. The first-order valence-electron chi connectivity index (χ1n) is 6.65. The van der Waals surface area contributed by atoms with Gasteiger partial charge in [-0.05, 0) is 23.3 Å². The summed E-state index contributed by atoms with van der Waals surface area (Å²) in [4.78, 5) is 25.9. The molecule has 0 radical (unpaired) electrons. The molecule has 0 aliphatic carbocycles. The van der Waals surface area contributed by atoms with Crippen LogP contribution in [0.15, 0.2) is 30.5 Å². The lowest BCUT2D eigenvalue weighted by Gasteiger charge is -2.13. The molecule has 1 amide bonds. The van der Waals surface area contributed by atoms with Crippen molar-refractivity contribution in [3.05, 3.63) is 47.3 Å². The van der Waals surface area contributed by atoms with Crippen molar-refractivity contribution in [2.75, 3.05) is 7.11 Å². The Hall–Kier alpha value is -2.83. The van der Waals surface area contributed by atoms with Crippen molar-refractivity contribution in [1.29, 1.82) is 0 Å². The smallest absolute Gasteiger partial charge is 0.280 e. The van der Waals surface area contributed by atoms with Crippen LogP contribution < -0.4 is 10.5 Å². The topological polar surface area (TPSA) is 82.3 Å².